The lowest BCUT2D eigenvalue weighted by molar-refractivity contribution is 0.274. The maximum Gasteiger partial charge on any atom is 0.0991 e. The largest absolute Gasteiger partial charge is 0.501 e. The predicted molar refractivity (Wildman–Crippen MR) is 73.5 cm³/mol. The first kappa shape index (κ1) is 14.0. The molecular weight excluding hydrogens is 212 g/mol. The summed E-state index contributed by atoms with van der Waals surface area (Å²) in [6.45, 7) is 5.07. The zero-order chi connectivity index (χ0) is 12.3. The molecule has 0 saturated carbocycles. The summed E-state index contributed by atoms with van der Waals surface area (Å²) in [4.78, 5) is 4.29. The van der Waals surface area contributed by atoms with Crippen LogP contribution < -0.4 is 5.32 Å². The van der Waals surface area contributed by atoms with Gasteiger partial charge < -0.3 is 10.1 Å². The van der Waals surface area contributed by atoms with Crippen molar-refractivity contribution in [3.05, 3.63) is 23.5 Å². The van der Waals surface area contributed by atoms with E-state index in [4.69, 9.17) is 4.74 Å². The highest BCUT2D eigenvalue weighted by Crippen LogP contribution is 2.17. The van der Waals surface area contributed by atoms with E-state index in [0.717, 1.165) is 44.7 Å². The molecule has 0 unspecified atom stereocenters. The molecule has 0 fully saturated rings. The Morgan fingerprint density at radius 1 is 1.41 bits per heavy atom. The maximum atomic E-state index is 5.49. The third kappa shape index (κ3) is 5.68. The van der Waals surface area contributed by atoms with Gasteiger partial charge in [0.25, 0.3) is 0 Å². The summed E-state index contributed by atoms with van der Waals surface area (Å²) in [7, 11) is 1.76. The van der Waals surface area contributed by atoms with Gasteiger partial charge in [-0.3, -0.25) is 4.99 Å². The first-order valence-electron chi connectivity index (χ1n) is 6.50. The smallest absolute Gasteiger partial charge is 0.0991 e. The first-order valence-corrected chi connectivity index (χ1v) is 6.50. The van der Waals surface area contributed by atoms with Crippen LogP contribution in [0.25, 0.3) is 0 Å². The quantitative estimate of drug-likeness (QED) is 0.719. The van der Waals surface area contributed by atoms with Crippen LogP contribution in [0.3, 0.4) is 0 Å². The van der Waals surface area contributed by atoms with Crippen molar-refractivity contribution in [1.82, 2.24) is 5.32 Å². The fourth-order valence-corrected chi connectivity index (χ4v) is 1.85. The molecule has 1 heterocycles. The fourth-order valence-electron chi connectivity index (χ4n) is 1.85. The van der Waals surface area contributed by atoms with E-state index in [1.54, 1.807) is 7.11 Å². The molecule has 0 spiro atoms. The molecule has 17 heavy (non-hydrogen) atoms. The number of nitrogens with zero attached hydrogens (tertiary/aromatic N) is 1. The van der Waals surface area contributed by atoms with E-state index in [1.165, 1.54) is 12.0 Å². The zero-order valence-electron chi connectivity index (χ0n) is 11.0. The van der Waals surface area contributed by atoms with E-state index in [-0.39, 0.29) is 0 Å². The third-order valence-corrected chi connectivity index (χ3v) is 2.76. The minimum atomic E-state index is 0.781. The molecule has 0 aliphatic carbocycles. The summed E-state index contributed by atoms with van der Waals surface area (Å²) in [5.74, 6) is 1.10. The van der Waals surface area contributed by atoms with Crippen LogP contribution in [0.15, 0.2) is 28.5 Å². The molecule has 0 aromatic carbocycles. The SMILES string of the molecule is CCCNCCC1=C(OC)CCC=NCC=C1. The van der Waals surface area contributed by atoms with E-state index in [2.05, 4.69) is 29.4 Å². The van der Waals surface area contributed by atoms with Crippen LogP contribution in [0.2, 0.25) is 0 Å². The van der Waals surface area contributed by atoms with Gasteiger partial charge in [0, 0.05) is 6.42 Å². The Morgan fingerprint density at radius 3 is 3.06 bits per heavy atom. The van der Waals surface area contributed by atoms with Crippen LogP contribution in [0.4, 0.5) is 0 Å². The van der Waals surface area contributed by atoms with Gasteiger partial charge in [-0.15, -0.1) is 0 Å². The average Bonchev–Trinajstić information content (AvgIpc) is 2.46. The molecule has 0 saturated heterocycles. The molecule has 0 aromatic rings. The Labute approximate surface area is 105 Å². The van der Waals surface area contributed by atoms with Crippen LogP contribution in [-0.4, -0.2) is 33.0 Å². The molecule has 96 valence electrons. The Balaban J connectivity index is 2.56. The van der Waals surface area contributed by atoms with Gasteiger partial charge in [0.2, 0.25) is 0 Å². The van der Waals surface area contributed by atoms with Crippen molar-refractivity contribution in [1.29, 1.82) is 0 Å². The highest BCUT2D eigenvalue weighted by atomic mass is 16.5. The predicted octanol–water partition coefficient (Wildman–Crippen LogP) is 2.70. The molecular formula is C14H24N2O. The lowest BCUT2D eigenvalue weighted by Gasteiger charge is -2.11. The first-order chi connectivity index (χ1) is 8.38. The van der Waals surface area contributed by atoms with Gasteiger partial charge >= 0.3 is 0 Å². The summed E-state index contributed by atoms with van der Waals surface area (Å²) in [6, 6.07) is 0. The summed E-state index contributed by atoms with van der Waals surface area (Å²) in [6.07, 6.45) is 10.4. The molecule has 0 radical (unpaired) electrons. The van der Waals surface area contributed by atoms with Gasteiger partial charge in [0.15, 0.2) is 0 Å². The van der Waals surface area contributed by atoms with E-state index in [0.29, 0.717) is 0 Å². The van der Waals surface area contributed by atoms with Crippen molar-refractivity contribution in [3.8, 4) is 0 Å². The number of hydrogen-bond donors (Lipinski definition) is 1. The Kier molecular flexibility index (Phi) is 7.39. The average molecular weight is 236 g/mol. The second-order valence-corrected chi connectivity index (χ2v) is 4.14. The lowest BCUT2D eigenvalue weighted by atomic mass is 10.1. The minimum absolute atomic E-state index is 0.781. The van der Waals surface area contributed by atoms with Crippen molar-refractivity contribution in [3.63, 3.8) is 0 Å². The normalized spacial score (nSPS) is 16.6. The van der Waals surface area contributed by atoms with Gasteiger partial charge in [0.05, 0.1) is 19.4 Å². The molecule has 1 aliphatic heterocycles. The van der Waals surface area contributed by atoms with E-state index in [1.807, 2.05) is 6.21 Å². The van der Waals surface area contributed by atoms with Crippen molar-refractivity contribution in [2.75, 3.05) is 26.7 Å². The summed E-state index contributed by atoms with van der Waals surface area (Å²) < 4.78 is 5.49. The van der Waals surface area contributed by atoms with Crippen LogP contribution in [0.1, 0.15) is 32.6 Å². The molecule has 3 nitrogen and oxygen atoms in total. The van der Waals surface area contributed by atoms with Gasteiger partial charge in [0.1, 0.15) is 0 Å². The molecule has 0 amide bonds. The zero-order valence-corrected chi connectivity index (χ0v) is 11.0. The molecule has 0 aromatic heterocycles. The second kappa shape index (κ2) is 8.99. The number of nitrogens with one attached hydrogen (secondary N) is 1. The highest BCUT2D eigenvalue weighted by Gasteiger charge is 2.05. The monoisotopic (exact) mass is 236 g/mol. The summed E-state index contributed by atoms with van der Waals surface area (Å²) in [5, 5.41) is 3.42. The van der Waals surface area contributed by atoms with Crippen molar-refractivity contribution < 1.29 is 4.74 Å². The standard InChI is InChI=1S/C14H24N2O/c1-3-9-15-12-8-13-6-4-10-16-11-5-7-14(13)17-2/h4,6,11,15H,3,5,7-10,12H2,1-2H3. The Morgan fingerprint density at radius 2 is 2.29 bits per heavy atom. The molecule has 0 bridgehead atoms. The fraction of sp³-hybridized carbons (Fsp3) is 0.643. The number of rotatable bonds is 6. The van der Waals surface area contributed by atoms with Crippen LogP contribution in [0, 0.1) is 0 Å². The summed E-state index contributed by atoms with van der Waals surface area (Å²) >= 11 is 0. The van der Waals surface area contributed by atoms with Crippen LogP contribution in [-0.2, 0) is 4.74 Å². The molecule has 1 aliphatic rings. The van der Waals surface area contributed by atoms with Crippen molar-refractivity contribution >= 4 is 6.21 Å². The molecule has 1 N–H and O–H groups in total. The van der Waals surface area contributed by atoms with Gasteiger partial charge in [-0.1, -0.05) is 19.1 Å². The number of allylic oxidation sites excluding steroid dienone is 2. The maximum absolute atomic E-state index is 5.49. The van der Waals surface area contributed by atoms with Crippen LogP contribution >= 0.6 is 0 Å². The third-order valence-electron chi connectivity index (χ3n) is 2.76. The van der Waals surface area contributed by atoms with Gasteiger partial charge in [-0.25, -0.2) is 0 Å². The molecule has 1 rings (SSSR count). The lowest BCUT2D eigenvalue weighted by Crippen LogP contribution is -2.16. The van der Waals surface area contributed by atoms with E-state index >= 15 is 0 Å². The Hall–Kier alpha value is -1.09. The minimum Gasteiger partial charge on any atom is -0.501 e. The number of hydrogen-bond acceptors (Lipinski definition) is 3. The van der Waals surface area contributed by atoms with Crippen molar-refractivity contribution in [2.24, 2.45) is 4.99 Å². The second-order valence-electron chi connectivity index (χ2n) is 4.14. The molecule has 0 atom stereocenters. The number of methoxy groups -OCH3 is 1. The number of aliphatic imine (C=N–C) groups is 1. The van der Waals surface area contributed by atoms with Crippen molar-refractivity contribution in [2.45, 2.75) is 32.6 Å². The highest BCUT2D eigenvalue weighted by molar-refractivity contribution is 5.58. The number of ether oxygens (including phenoxy) is 1. The van der Waals surface area contributed by atoms with E-state index in [9.17, 15) is 0 Å². The van der Waals surface area contributed by atoms with Crippen LogP contribution in [0.5, 0.6) is 0 Å². The molecule has 3 heteroatoms. The van der Waals surface area contributed by atoms with E-state index < -0.39 is 0 Å². The summed E-state index contributed by atoms with van der Waals surface area (Å²) in [5.41, 5.74) is 1.31. The Bertz CT molecular complexity index is 293. The van der Waals surface area contributed by atoms with Gasteiger partial charge in [-0.05, 0) is 44.1 Å². The topological polar surface area (TPSA) is 33.6 Å². The van der Waals surface area contributed by atoms with Gasteiger partial charge in [-0.2, -0.15) is 0 Å².